The van der Waals surface area contributed by atoms with Gasteiger partial charge in [0.2, 0.25) is 11.8 Å². The lowest BCUT2D eigenvalue weighted by Crippen LogP contribution is -2.32. The molecule has 0 saturated heterocycles. The van der Waals surface area contributed by atoms with Crippen LogP contribution in [0.1, 0.15) is 41.3 Å². The summed E-state index contributed by atoms with van der Waals surface area (Å²) in [6, 6.07) is 15.9. The van der Waals surface area contributed by atoms with Crippen molar-refractivity contribution < 1.29 is 14.1 Å². The van der Waals surface area contributed by atoms with E-state index in [-0.39, 0.29) is 12.3 Å². The first-order valence-corrected chi connectivity index (χ1v) is 8.61. The first kappa shape index (κ1) is 18.6. The Balaban J connectivity index is 1.82. The van der Waals surface area contributed by atoms with Gasteiger partial charge in [-0.15, -0.1) is 0 Å². The molecule has 140 valence electrons. The summed E-state index contributed by atoms with van der Waals surface area (Å²) in [5, 5.41) is 6.93. The molecule has 0 aliphatic heterocycles. The van der Waals surface area contributed by atoms with E-state index in [1.54, 1.807) is 14.0 Å². The Kier molecular flexibility index (Phi) is 5.83. The number of hydrogen-bond acceptors (Lipinski definition) is 6. The van der Waals surface area contributed by atoms with Gasteiger partial charge in [0.05, 0.1) is 7.11 Å². The van der Waals surface area contributed by atoms with Crippen LogP contribution in [-0.4, -0.2) is 23.2 Å². The molecule has 2 atom stereocenters. The number of rotatable bonds is 7. The molecular formula is C20H22N4O3. The minimum absolute atomic E-state index is 0.131. The molecule has 7 nitrogen and oxygen atoms in total. The van der Waals surface area contributed by atoms with Crippen molar-refractivity contribution in [2.75, 3.05) is 7.11 Å². The normalized spacial score (nSPS) is 13.0. The monoisotopic (exact) mass is 366 g/mol. The van der Waals surface area contributed by atoms with E-state index >= 15 is 0 Å². The second-order valence-corrected chi connectivity index (χ2v) is 6.14. The molecule has 7 heteroatoms. The van der Waals surface area contributed by atoms with Gasteiger partial charge in [-0.2, -0.15) is 4.98 Å². The molecule has 1 aromatic heterocycles. The van der Waals surface area contributed by atoms with Crippen molar-refractivity contribution >= 4 is 5.91 Å². The maximum absolute atomic E-state index is 12.7. The van der Waals surface area contributed by atoms with E-state index in [0.29, 0.717) is 17.5 Å². The lowest BCUT2D eigenvalue weighted by molar-refractivity contribution is -0.122. The van der Waals surface area contributed by atoms with Crippen LogP contribution in [0.5, 0.6) is 5.75 Å². The number of amides is 1. The fraction of sp³-hybridized carbons (Fsp3) is 0.250. The summed E-state index contributed by atoms with van der Waals surface area (Å²) in [4.78, 5) is 16.9. The Hall–Kier alpha value is -3.19. The molecule has 0 bridgehead atoms. The van der Waals surface area contributed by atoms with Gasteiger partial charge in [0.1, 0.15) is 11.8 Å². The highest BCUT2D eigenvalue weighted by atomic mass is 16.5. The summed E-state index contributed by atoms with van der Waals surface area (Å²) in [6.45, 7) is 1.70. The molecule has 0 fully saturated rings. The van der Waals surface area contributed by atoms with Gasteiger partial charge in [-0.1, -0.05) is 53.7 Å². The van der Waals surface area contributed by atoms with Gasteiger partial charge in [-0.3, -0.25) is 4.79 Å². The number of benzene rings is 2. The van der Waals surface area contributed by atoms with Crippen LogP contribution in [0, 0.1) is 6.92 Å². The molecule has 0 saturated carbocycles. The predicted octanol–water partition coefficient (Wildman–Crippen LogP) is 2.68. The van der Waals surface area contributed by atoms with Gasteiger partial charge >= 0.3 is 0 Å². The predicted molar refractivity (Wildman–Crippen MR) is 100 cm³/mol. The minimum Gasteiger partial charge on any atom is -0.496 e. The summed E-state index contributed by atoms with van der Waals surface area (Å²) in [5.74, 6) is 1.18. The van der Waals surface area contributed by atoms with E-state index in [1.807, 2.05) is 54.6 Å². The molecule has 0 radical (unpaired) electrons. The average molecular weight is 366 g/mol. The van der Waals surface area contributed by atoms with Crippen LogP contribution in [0.4, 0.5) is 0 Å². The van der Waals surface area contributed by atoms with Crippen molar-refractivity contribution in [1.82, 2.24) is 15.5 Å². The third-order valence-corrected chi connectivity index (χ3v) is 4.19. The van der Waals surface area contributed by atoms with Crippen LogP contribution in [-0.2, 0) is 4.79 Å². The summed E-state index contributed by atoms with van der Waals surface area (Å²) >= 11 is 0. The van der Waals surface area contributed by atoms with E-state index in [9.17, 15) is 4.79 Å². The molecule has 3 N–H and O–H groups in total. The quantitative estimate of drug-likeness (QED) is 0.666. The number of aromatic nitrogens is 2. The summed E-state index contributed by atoms with van der Waals surface area (Å²) < 4.78 is 10.5. The highest BCUT2D eigenvalue weighted by molar-refractivity contribution is 5.77. The second kappa shape index (κ2) is 8.46. The van der Waals surface area contributed by atoms with E-state index in [1.165, 1.54) is 0 Å². The third kappa shape index (κ3) is 4.51. The van der Waals surface area contributed by atoms with Crippen molar-refractivity contribution in [2.45, 2.75) is 25.4 Å². The molecule has 2 unspecified atom stereocenters. The smallest absolute Gasteiger partial charge is 0.223 e. The maximum atomic E-state index is 12.7. The molecule has 27 heavy (non-hydrogen) atoms. The van der Waals surface area contributed by atoms with E-state index in [0.717, 1.165) is 11.1 Å². The first-order chi connectivity index (χ1) is 13.1. The highest BCUT2D eigenvalue weighted by Crippen LogP contribution is 2.29. The van der Waals surface area contributed by atoms with Crippen molar-refractivity contribution in [2.24, 2.45) is 5.73 Å². The number of carbonyl (C=O) groups excluding carboxylic acids is 1. The van der Waals surface area contributed by atoms with E-state index in [4.69, 9.17) is 15.0 Å². The summed E-state index contributed by atoms with van der Waals surface area (Å²) in [5.41, 5.74) is 7.81. The number of carbonyl (C=O) groups is 1. The number of methoxy groups -OCH3 is 1. The highest BCUT2D eigenvalue weighted by Gasteiger charge is 2.25. The fourth-order valence-corrected chi connectivity index (χ4v) is 2.86. The van der Waals surface area contributed by atoms with Crippen molar-refractivity contribution in [3.05, 3.63) is 77.4 Å². The number of hydrogen-bond donors (Lipinski definition) is 2. The molecule has 2 aromatic carbocycles. The van der Waals surface area contributed by atoms with Gasteiger partial charge < -0.3 is 20.3 Å². The van der Waals surface area contributed by atoms with Gasteiger partial charge in [-0.05, 0) is 11.6 Å². The van der Waals surface area contributed by atoms with E-state index < -0.39 is 12.1 Å². The van der Waals surface area contributed by atoms with Crippen molar-refractivity contribution in [1.29, 1.82) is 0 Å². The van der Waals surface area contributed by atoms with Gasteiger partial charge in [0.15, 0.2) is 5.82 Å². The zero-order valence-electron chi connectivity index (χ0n) is 15.3. The molecule has 1 amide bonds. The minimum atomic E-state index is -0.603. The fourth-order valence-electron chi connectivity index (χ4n) is 2.86. The van der Waals surface area contributed by atoms with E-state index in [2.05, 4.69) is 15.5 Å². The summed E-state index contributed by atoms with van der Waals surface area (Å²) in [7, 11) is 1.57. The molecule has 3 rings (SSSR count). The standard InChI is InChI=1S/C20H22N4O3/c1-13-22-20(24-27-13)19(15-10-6-7-11-17(15)26-2)23-18(25)12-16(21)14-8-4-3-5-9-14/h3-11,16,19H,12,21H2,1-2H3,(H,23,25). The maximum Gasteiger partial charge on any atom is 0.223 e. The van der Waals surface area contributed by atoms with Crippen LogP contribution < -0.4 is 15.8 Å². The molecule has 0 aliphatic carbocycles. The third-order valence-electron chi connectivity index (χ3n) is 4.19. The van der Waals surface area contributed by atoms with Gasteiger partial charge in [0.25, 0.3) is 0 Å². The number of nitrogens with zero attached hydrogens (tertiary/aromatic N) is 2. The largest absolute Gasteiger partial charge is 0.496 e. The Morgan fingerprint density at radius 1 is 1.19 bits per heavy atom. The van der Waals surface area contributed by atoms with Gasteiger partial charge in [0, 0.05) is 24.9 Å². The number of aryl methyl sites for hydroxylation is 1. The summed E-state index contributed by atoms with van der Waals surface area (Å²) in [6.07, 6.45) is 0.131. The number of ether oxygens (including phenoxy) is 1. The molecular weight excluding hydrogens is 344 g/mol. The Morgan fingerprint density at radius 2 is 1.89 bits per heavy atom. The zero-order valence-corrected chi connectivity index (χ0v) is 15.3. The number of para-hydroxylation sites is 1. The van der Waals surface area contributed by atoms with Gasteiger partial charge in [-0.25, -0.2) is 0 Å². The number of nitrogens with one attached hydrogen (secondary N) is 1. The Bertz CT molecular complexity index is 895. The average Bonchev–Trinajstić information content (AvgIpc) is 3.13. The molecule has 0 aliphatic rings. The topological polar surface area (TPSA) is 103 Å². The van der Waals surface area contributed by atoms with Crippen LogP contribution in [0.3, 0.4) is 0 Å². The molecule has 0 spiro atoms. The second-order valence-electron chi connectivity index (χ2n) is 6.14. The van der Waals surface area contributed by atoms with Crippen LogP contribution in [0.15, 0.2) is 59.1 Å². The zero-order chi connectivity index (χ0) is 19.2. The first-order valence-electron chi connectivity index (χ1n) is 8.61. The Labute approximate surface area is 157 Å². The number of nitrogens with two attached hydrogens (primary N) is 1. The SMILES string of the molecule is COc1ccccc1C(NC(=O)CC(N)c1ccccc1)c1noc(C)n1. The molecule has 1 heterocycles. The Morgan fingerprint density at radius 3 is 2.56 bits per heavy atom. The van der Waals surface area contributed by atoms with Crippen molar-refractivity contribution in [3.8, 4) is 5.75 Å². The van der Waals surface area contributed by atoms with Crippen molar-refractivity contribution in [3.63, 3.8) is 0 Å². The van der Waals surface area contributed by atoms with Crippen LogP contribution in [0.2, 0.25) is 0 Å². The molecule has 3 aromatic rings. The van der Waals surface area contributed by atoms with Crippen LogP contribution >= 0.6 is 0 Å². The van der Waals surface area contributed by atoms with Crippen LogP contribution in [0.25, 0.3) is 0 Å². The lowest BCUT2D eigenvalue weighted by atomic mass is 10.0. The lowest BCUT2D eigenvalue weighted by Gasteiger charge is -2.20.